The maximum Gasteiger partial charge on any atom is 0.233 e. The molecule has 0 bridgehead atoms. The first-order valence-corrected chi connectivity index (χ1v) is 7.85. The van der Waals surface area contributed by atoms with Gasteiger partial charge in [-0.05, 0) is 43.5 Å². The Hall–Kier alpha value is -2.14. The molecule has 0 saturated carbocycles. The van der Waals surface area contributed by atoms with E-state index in [-0.39, 0.29) is 0 Å². The highest BCUT2D eigenvalue weighted by atomic mass is 16.3. The lowest BCUT2D eigenvalue weighted by molar-refractivity contribution is 0.0933. The van der Waals surface area contributed by atoms with Crippen molar-refractivity contribution >= 4 is 5.78 Å². The van der Waals surface area contributed by atoms with Crippen molar-refractivity contribution in [1.82, 2.24) is 19.3 Å². The lowest BCUT2D eigenvalue weighted by atomic mass is 9.91. The quantitative estimate of drug-likeness (QED) is 0.744. The zero-order chi connectivity index (χ0) is 14.9. The lowest BCUT2D eigenvalue weighted by Crippen LogP contribution is -2.35. The Labute approximate surface area is 129 Å². The molecule has 0 radical (unpaired) electrons. The van der Waals surface area contributed by atoms with Crippen LogP contribution in [0.4, 0.5) is 0 Å². The first-order chi connectivity index (χ1) is 10.8. The van der Waals surface area contributed by atoms with Crippen molar-refractivity contribution < 1.29 is 4.42 Å². The second-order valence-electron chi connectivity index (χ2n) is 6.19. The van der Waals surface area contributed by atoms with E-state index in [0.29, 0.717) is 6.04 Å². The van der Waals surface area contributed by atoms with E-state index in [1.54, 1.807) is 12.5 Å². The first kappa shape index (κ1) is 13.5. The minimum Gasteiger partial charge on any atom is -0.468 e. The highest BCUT2D eigenvalue weighted by Crippen LogP contribution is 2.35. The number of hydrogen-bond acceptors (Lipinski definition) is 4. The number of fused-ring (bicyclic) bond motifs is 1. The van der Waals surface area contributed by atoms with Gasteiger partial charge < -0.3 is 4.42 Å². The fourth-order valence-electron chi connectivity index (χ4n) is 3.32. The van der Waals surface area contributed by atoms with Gasteiger partial charge in [0, 0.05) is 25.1 Å². The molecule has 1 aliphatic rings. The van der Waals surface area contributed by atoms with Crippen LogP contribution in [0.5, 0.6) is 0 Å². The number of hydrogen-bond donors (Lipinski definition) is 0. The van der Waals surface area contributed by atoms with Crippen LogP contribution >= 0.6 is 0 Å². The van der Waals surface area contributed by atoms with Gasteiger partial charge >= 0.3 is 0 Å². The molecule has 114 valence electrons. The van der Waals surface area contributed by atoms with Crippen LogP contribution < -0.4 is 0 Å². The van der Waals surface area contributed by atoms with Gasteiger partial charge in [0.2, 0.25) is 5.78 Å². The van der Waals surface area contributed by atoms with E-state index >= 15 is 0 Å². The summed E-state index contributed by atoms with van der Waals surface area (Å²) in [6.45, 7) is 4.23. The molecule has 0 N–H and O–H groups in total. The molecule has 5 nitrogen and oxygen atoms in total. The van der Waals surface area contributed by atoms with Crippen molar-refractivity contribution in [3.8, 4) is 0 Å². The van der Waals surface area contributed by atoms with Gasteiger partial charge in [0.1, 0.15) is 5.76 Å². The van der Waals surface area contributed by atoms with Crippen molar-refractivity contribution in [3.05, 3.63) is 54.5 Å². The van der Waals surface area contributed by atoms with Crippen LogP contribution in [-0.4, -0.2) is 25.8 Å². The van der Waals surface area contributed by atoms with Gasteiger partial charge in [0.25, 0.3) is 0 Å². The van der Waals surface area contributed by atoms with Crippen LogP contribution in [0.15, 0.2) is 47.5 Å². The topological polar surface area (TPSA) is 46.6 Å². The maximum atomic E-state index is 5.67. The van der Waals surface area contributed by atoms with Crippen molar-refractivity contribution in [3.63, 3.8) is 0 Å². The minimum atomic E-state index is 0.344. The fourth-order valence-corrected chi connectivity index (χ4v) is 3.32. The van der Waals surface area contributed by atoms with Gasteiger partial charge in [0.15, 0.2) is 0 Å². The van der Waals surface area contributed by atoms with Crippen LogP contribution in [0.3, 0.4) is 0 Å². The summed E-state index contributed by atoms with van der Waals surface area (Å²) in [5.41, 5.74) is 1.06. The van der Waals surface area contributed by atoms with Crippen molar-refractivity contribution in [2.75, 3.05) is 6.54 Å². The first-order valence-electron chi connectivity index (χ1n) is 7.85. The summed E-state index contributed by atoms with van der Waals surface area (Å²) < 4.78 is 7.64. The molecule has 5 heteroatoms. The Morgan fingerprint density at radius 2 is 2.32 bits per heavy atom. The van der Waals surface area contributed by atoms with Gasteiger partial charge in [-0.15, -0.1) is 0 Å². The van der Waals surface area contributed by atoms with E-state index in [4.69, 9.17) is 4.42 Å². The Bertz CT molecular complexity index is 716. The van der Waals surface area contributed by atoms with Crippen LogP contribution in [0, 0.1) is 5.92 Å². The Morgan fingerprint density at radius 1 is 1.36 bits per heavy atom. The molecule has 4 rings (SSSR count). The minimum absolute atomic E-state index is 0.344. The van der Waals surface area contributed by atoms with Crippen LogP contribution in [-0.2, 0) is 6.54 Å². The third kappa shape index (κ3) is 2.52. The summed E-state index contributed by atoms with van der Waals surface area (Å²) in [7, 11) is 0. The van der Waals surface area contributed by atoms with Gasteiger partial charge in [-0.2, -0.15) is 0 Å². The summed E-state index contributed by atoms with van der Waals surface area (Å²) in [4.78, 5) is 11.4. The summed E-state index contributed by atoms with van der Waals surface area (Å²) in [5.74, 6) is 2.56. The van der Waals surface area contributed by atoms with Gasteiger partial charge in [0.05, 0.1) is 18.0 Å². The molecule has 1 aliphatic heterocycles. The number of piperidine rings is 1. The van der Waals surface area contributed by atoms with E-state index in [1.807, 2.05) is 22.7 Å². The fraction of sp³-hybridized carbons (Fsp3) is 0.412. The number of rotatable bonds is 3. The van der Waals surface area contributed by atoms with Crippen LogP contribution in [0.1, 0.15) is 37.3 Å². The normalized spacial score (nSPS) is 23.1. The number of aromatic nitrogens is 3. The molecule has 1 saturated heterocycles. The van der Waals surface area contributed by atoms with E-state index in [0.717, 1.165) is 42.7 Å². The number of furan rings is 1. The standard InChI is InChI=1S/C17H20N4O/c1-13-5-8-20(15(10-13)16-4-2-9-22-16)11-14-12-21-7-3-6-18-17(21)19-14/h2-4,6-7,9,12-13,15H,5,8,10-11H2,1H3/t13-,15+/m1/s1. The van der Waals surface area contributed by atoms with Gasteiger partial charge in [-0.3, -0.25) is 9.30 Å². The van der Waals surface area contributed by atoms with E-state index in [9.17, 15) is 0 Å². The average molecular weight is 296 g/mol. The Morgan fingerprint density at radius 3 is 3.14 bits per heavy atom. The molecular formula is C17H20N4O. The van der Waals surface area contributed by atoms with Crippen molar-refractivity contribution in [2.45, 2.75) is 32.4 Å². The van der Waals surface area contributed by atoms with Crippen LogP contribution in [0.2, 0.25) is 0 Å². The molecule has 3 aromatic rings. The molecule has 22 heavy (non-hydrogen) atoms. The summed E-state index contributed by atoms with van der Waals surface area (Å²) in [6.07, 6.45) is 9.96. The second kappa shape index (κ2) is 5.57. The number of imidazole rings is 1. The molecule has 2 atom stereocenters. The van der Waals surface area contributed by atoms with E-state index < -0.39 is 0 Å². The summed E-state index contributed by atoms with van der Waals surface area (Å²) in [5, 5.41) is 0. The smallest absolute Gasteiger partial charge is 0.233 e. The molecule has 1 fully saturated rings. The lowest BCUT2D eigenvalue weighted by Gasteiger charge is -2.36. The molecule has 0 aliphatic carbocycles. The monoisotopic (exact) mass is 296 g/mol. The molecule has 4 heterocycles. The molecular weight excluding hydrogens is 276 g/mol. The van der Waals surface area contributed by atoms with Gasteiger partial charge in [-0.1, -0.05) is 6.92 Å². The predicted molar refractivity (Wildman–Crippen MR) is 83.2 cm³/mol. The zero-order valence-electron chi connectivity index (χ0n) is 12.7. The molecule has 0 aromatic carbocycles. The second-order valence-corrected chi connectivity index (χ2v) is 6.19. The van der Waals surface area contributed by atoms with Crippen molar-refractivity contribution in [1.29, 1.82) is 0 Å². The third-order valence-electron chi connectivity index (χ3n) is 4.50. The van der Waals surface area contributed by atoms with Crippen molar-refractivity contribution in [2.24, 2.45) is 5.92 Å². The average Bonchev–Trinajstić information content (AvgIpc) is 3.17. The maximum absolute atomic E-state index is 5.67. The highest BCUT2D eigenvalue weighted by molar-refractivity contribution is 5.29. The number of likely N-dealkylation sites (tertiary alicyclic amines) is 1. The van der Waals surface area contributed by atoms with E-state index in [1.165, 1.54) is 6.42 Å². The molecule has 0 spiro atoms. The zero-order valence-corrected chi connectivity index (χ0v) is 12.7. The SMILES string of the molecule is C[C@@H]1CCN(Cc2cn3cccnc3n2)[C@H](c2ccco2)C1. The summed E-state index contributed by atoms with van der Waals surface area (Å²) >= 11 is 0. The molecule has 0 amide bonds. The molecule has 0 unspecified atom stereocenters. The largest absolute Gasteiger partial charge is 0.468 e. The summed E-state index contributed by atoms with van der Waals surface area (Å²) in [6, 6.07) is 6.33. The van der Waals surface area contributed by atoms with E-state index in [2.05, 4.69) is 34.1 Å². The predicted octanol–water partition coefficient (Wildman–Crippen LogP) is 3.30. The third-order valence-corrected chi connectivity index (χ3v) is 4.50. The van der Waals surface area contributed by atoms with Gasteiger partial charge in [-0.25, -0.2) is 9.97 Å². The Balaban J connectivity index is 1.59. The molecule has 3 aromatic heterocycles. The highest BCUT2D eigenvalue weighted by Gasteiger charge is 2.29. The Kier molecular flexibility index (Phi) is 3.42. The van der Waals surface area contributed by atoms with Crippen LogP contribution in [0.25, 0.3) is 5.78 Å². The number of nitrogens with zero attached hydrogens (tertiary/aromatic N) is 4.